The van der Waals surface area contributed by atoms with Crippen molar-refractivity contribution in [2.45, 2.75) is 56.8 Å². The van der Waals surface area contributed by atoms with E-state index in [0.717, 1.165) is 37.9 Å². The molecule has 0 saturated carbocycles. The molecule has 1 aromatic carbocycles. The summed E-state index contributed by atoms with van der Waals surface area (Å²) in [6.45, 7) is 6.84. The van der Waals surface area contributed by atoms with Gasteiger partial charge in [0.2, 0.25) is 15.9 Å². The van der Waals surface area contributed by atoms with Crippen LogP contribution in [-0.2, 0) is 14.8 Å². The average Bonchev–Trinajstić information content (AvgIpc) is 3.30. The van der Waals surface area contributed by atoms with Crippen LogP contribution < -0.4 is 5.43 Å². The van der Waals surface area contributed by atoms with E-state index in [9.17, 15) is 13.2 Å². The highest BCUT2D eigenvalue weighted by atomic mass is 32.2. The van der Waals surface area contributed by atoms with Crippen LogP contribution in [0.3, 0.4) is 0 Å². The largest absolute Gasteiger partial charge is 0.289 e. The number of amides is 1. The van der Waals surface area contributed by atoms with Gasteiger partial charge in [-0.15, -0.1) is 0 Å². The van der Waals surface area contributed by atoms with Gasteiger partial charge in [-0.1, -0.05) is 37.6 Å². The van der Waals surface area contributed by atoms with Gasteiger partial charge in [0.05, 0.1) is 4.90 Å². The van der Waals surface area contributed by atoms with E-state index in [2.05, 4.69) is 25.3 Å². The summed E-state index contributed by atoms with van der Waals surface area (Å²) in [5, 5.41) is 2.02. The summed E-state index contributed by atoms with van der Waals surface area (Å²) in [6.07, 6.45) is 6.70. The zero-order valence-electron chi connectivity index (χ0n) is 18.0. The van der Waals surface area contributed by atoms with E-state index in [1.807, 2.05) is 17.1 Å². The van der Waals surface area contributed by atoms with Crippen molar-refractivity contribution >= 4 is 15.9 Å². The molecule has 2 atom stereocenters. The quantitative estimate of drug-likeness (QED) is 0.702. The first-order valence-electron chi connectivity index (χ1n) is 11.2. The Hall–Kier alpha value is -1.70. The molecule has 6 nitrogen and oxygen atoms in total. The van der Waals surface area contributed by atoms with Gasteiger partial charge in [-0.05, 0) is 61.1 Å². The van der Waals surface area contributed by atoms with Crippen LogP contribution in [0, 0.1) is 11.8 Å². The number of nitrogens with zero attached hydrogens (tertiary/aromatic N) is 2. The van der Waals surface area contributed by atoms with Crippen LogP contribution in [-0.4, -0.2) is 49.8 Å². The molecule has 2 fully saturated rings. The van der Waals surface area contributed by atoms with Crippen molar-refractivity contribution in [1.29, 1.82) is 0 Å². The second kappa shape index (κ2) is 8.81. The Morgan fingerprint density at radius 1 is 1.17 bits per heavy atom. The van der Waals surface area contributed by atoms with Crippen LogP contribution in [0.1, 0.15) is 57.4 Å². The SMILES string of the molecule is CC(C)c1ccc(S(=O)(=O)N2CCCC(CC(=O)NN3CC4=CCCC4C3)C2)cc1. The molecule has 1 aliphatic carbocycles. The molecule has 1 aromatic rings. The number of hydrazine groups is 1. The normalized spacial score (nSPS) is 25.4. The van der Waals surface area contributed by atoms with Crippen LogP contribution in [0.5, 0.6) is 0 Å². The molecule has 0 bridgehead atoms. The number of carbonyl (C=O) groups is 1. The van der Waals surface area contributed by atoms with Gasteiger partial charge in [0, 0.05) is 32.6 Å². The third-order valence-electron chi connectivity index (χ3n) is 6.68. The Labute approximate surface area is 180 Å². The van der Waals surface area contributed by atoms with Crippen LogP contribution in [0.2, 0.25) is 0 Å². The first-order valence-corrected chi connectivity index (χ1v) is 12.6. The van der Waals surface area contributed by atoms with Crippen LogP contribution in [0.4, 0.5) is 0 Å². The summed E-state index contributed by atoms with van der Waals surface area (Å²) in [4.78, 5) is 12.9. The zero-order chi connectivity index (χ0) is 21.3. The molecule has 2 heterocycles. The van der Waals surface area contributed by atoms with Gasteiger partial charge in [-0.25, -0.2) is 13.4 Å². The van der Waals surface area contributed by atoms with E-state index in [0.29, 0.717) is 36.2 Å². The summed E-state index contributed by atoms with van der Waals surface area (Å²) in [6, 6.07) is 7.21. The number of rotatable bonds is 6. The molecule has 0 spiro atoms. The minimum Gasteiger partial charge on any atom is -0.289 e. The number of allylic oxidation sites excluding steroid dienone is 1. The average molecular weight is 432 g/mol. The number of sulfonamides is 1. The highest BCUT2D eigenvalue weighted by Crippen LogP contribution is 2.32. The van der Waals surface area contributed by atoms with E-state index < -0.39 is 10.0 Å². The number of carbonyl (C=O) groups excluding carboxylic acids is 1. The molecule has 3 aliphatic rings. The van der Waals surface area contributed by atoms with Gasteiger partial charge < -0.3 is 0 Å². The fourth-order valence-electron chi connectivity index (χ4n) is 4.93. The molecule has 4 rings (SSSR count). The van der Waals surface area contributed by atoms with Gasteiger partial charge in [0.1, 0.15) is 0 Å². The van der Waals surface area contributed by atoms with E-state index in [1.54, 1.807) is 16.4 Å². The summed E-state index contributed by atoms with van der Waals surface area (Å²) < 4.78 is 27.8. The maximum Gasteiger partial charge on any atom is 0.243 e. The standard InChI is InChI=1S/C23H33N3O3S/c1-17(2)19-8-10-22(11-9-19)30(28,29)26-12-4-5-18(14-26)13-23(27)24-25-15-20-6-3-7-21(20)16-25/h6,8-11,17-18,21H,3-5,7,12-16H2,1-2H3,(H,24,27). The van der Waals surface area contributed by atoms with Crippen LogP contribution in [0.15, 0.2) is 40.8 Å². The van der Waals surface area contributed by atoms with Gasteiger partial charge in [0.25, 0.3) is 0 Å². The Morgan fingerprint density at radius 2 is 1.93 bits per heavy atom. The first kappa shape index (κ1) is 21.5. The second-order valence-corrected chi connectivity index (χ2v) is 11.2. The topological polar surface area (TPSA) is 69.7 Å². The number of hydrogen-bond acceptors (Lipinski definition) is 4. The molecule has 2 saturated heterocycles. The first-order chi connectivity index (χ1) is 14.3. The number of hydrogen-bond donors (Lipinski definition) is 1. The lowest BCUT2D eigenvalue weighted by molar-refractivity contribution is -0.126. The van der Waals surface area contributed by atoms with E-state index >= 15 is 0 Å². The molecule has 0 radical (unpaired) electrons. The predicted molar refractivity (Wildman–Crippen MR) is 117 cm³/mol. The Kier molecular flexibility index (Phi) is 6.32. The molecule has 1 N–H and O–H groups in total. The molecular formula is C23H33N3O3S. The Balaban J connectivity index is 1.34. The lowest BCUT2D eigenvalue weighted by Crippen LogP contribution is -2.44. The van der Waals surface area contributed by atoms with Crippen molar-refractivity contribution in [3.63, 3.8) is 0 Å². The maximum absolute atomic E-state index is 13.1. The zero-order valence-corrected chi connectivity index (χ0v) is 18.8. The minimum atomic E-state index is -3.52. The summed E-state index contributed by atoms with van der Waals surface area (Å²) in [7, 11) is -3.52. The van der Waals surface area contributed by atoms with Crippen molar-refractivity contribution in [3.8, 4) is 0 Å². The Bertz CT molecular complexity index is 908. The molecular weight excluding hydrogens is 398 g/mol. The van der Waals surface area contributed by atoms with E-state index in [-0.39, 0.29) is 11.8 Å². The number of benzene rings is 1. The summed E-state index contributed by atoms with van der Waals surface area (Å²) in [5.41, 5.74) is 5.62. The molecule has 7 heteroatoms. The second-order valence-electron chi connectivity index (χ2n) is 9.27. The third kappa shape index (κ3) is 4.63. The fraction of sp³-hybridized carbons (Fsp3) is 0.609. The van der Waals surface area contributed by atoms with Crippen molar-refractivity contribution in [2.24, 2.45) is 11.8 Å². The monoisotopic (exact) mass is 431 g/mol. The predicted octanol–water partition coefficient (Wildman–Crippen LogP) is 3.28. The molecule has 30 heavy (non-hydrogen) atoms. The van der Waals surface area contributed by atoms with Crippen LogP contribution in [0.25, 0.3) is 0 Å². The minimum absolute atomic E-state index is 0.00103. The summed E-state index contributed by atoms with van der Waals surface area (Å²) >= 11 is 0. The van der Waals surface area contributed by atoms with Crippen molar-refractivity contribution < 1.29 is 13.2 Å². The lowest BCUT2D eigenvalue weighted by atomic mass is 9.96. The third-order valence-corrected chi connectivity index (χ3v) is 8.56. The maximum atomic E-state index is 13.1. The smallest absolute Gasteiger partial charge is 0.243 e. The molecule has 2 aliphatic heterocycles. The highest BCUT2D eigenvalue weighted by molar-refractivity contribution is 7.89. The Morgan fingerprint density at radius 3 is 2.63 bits per heavy atom. The van der Waals surface area contributed by atoms with Crippen molar-refractivity contribution in [1.82, 2.24) is 14.7 Å². The van der Waals surface area contributed by atoms with Gasteiger partial charge in [-0.3, -0.25) is 10.2 Å². The van der Waals surface area contributed by atoms with Crippen molar-refractivity contribution in [3.05, 3.63) is 41.5 Å². The van der Waals surface area contributed by atoms with Gasteiger partial charge in [0.15, 0.2) is 0 Å². The molecule has 164 valence electrons. The van der Waals surface area contributed by atoms with E-state index in [4.69, 9.17) is 0 Å². The lowest BCUT2D eigenvalue weighted by Gasteiger charge is -2.32. The number of piperidine rings is 1. The number of fused-ring (bicyclic) bond motifs is 1. The van der Waals surface area contributed by atoms with E-state index in [1.165, 1.54) is 12.0 Å². The fourth-order valence-corrected chi connectivity index (χ4v) is 6.48. The van der Waals surface area contributed by atoms with Gasteiger partial charge in [-0.2, -0.15) is 4.31 Å². The summed E-state index contributed by atoms with van der Waals surface area (Å²) in [5.74, 6) is 1.03. The van der Waals surface area contributed by atoms with Gasteiger partial charge >= 0.3 is 0 Å². The molecule has 0 aromatic heterocycles. The number of nitrogens with one attached hydrogen (secondary N) is 1. The molecule has 1 amide bonds. The van der Waals surface area contributed by atoms with Crippen LogP contribution >= 0.6 is 0 Å². The van der Waals surface area contributed by atoms with Crippen molar-refractivity contribution in [2.75, 3.05) is 26.2 Å². The highest BCUT2D eigenvalue weighted by Gasteiger charge is 2.33. The molecule has 2 unspecified atom stereocenters.